The molecule has 1 N–H and O–H groups in total. The van der Waals surface area contributed by atoms with E-state index >= 15 is 0 Å². The van der Waals surface area contributed by atoms with Crippen molar-refractivity contribution in [3.63, 3.8) is 0 Å². The van der Waals surface area contributed by atoms with Crippen LogP contribution in [0.3, 0.4) is 0 Å². The van der Waals surface area contributed by atoms with Crippen molar-refractivity contribution < 1.29 is 17.9 Å². The summed E-state index contributed by atoms with van der Waals surface area (Å²) in [6, 6.07) is 11.2. The Morgan fingerprint density at radius 3 is 2.30 bits per heavy atom. The molecule has 2 rings (SSSR count). The molecule has 0 saturated carbocycles. The SMILES string of the molecule is COc1ccc(S(=O)(=O)N(C)c2ccc(C(=O)NCC(C)C)cc2C)cc1. The van der Waals surface area contributed by atoms with E-state index in [0.29, 0.717) is 35.0 Å². The second-order valence-corrected chi connectivity index (χ2v) is 8.72. The standard InChI is InChI=1S/C20H26N2O4S/c1-14(2)13-21-20(23)16-6-11-19(15(3)12-16)22(4)27(24,25)18-9-7-17(26-5)8-10-18/h6-12,14H,13H2,1-5H3,(H,21,23). The van der Waals surface area contributed by atoms with Crippen LogP contribution in [0.15, 0.2) is 47.4 Å². The maximum absolute atomic E-state index is 12.9. The molecule has 27 heavy (non-hydrogen) atoms. The Morgan fingerprint density at radius 2 is 1.78 bits per heavy atom. The van der Waals surface area contributed by atoms with Gasteiger partial charge in [0.05, 0.1) is 17.7 Å². The highest BCUT2D eigenvalue weighted by Gasteiger charge is 2.23. The highest BCUT2D eigenvalue weighted by atomic mass is 32.2. The van der Waals surface area contributed by atoms with E-state index in [2.05, 4.69) is 5.32 Å². The van der Waals surface area contributed by atoms with Crippen LogP contribution in [0.1, 0.15) is 29.8 Å². The smallest absolute Gasteiger partial charge is 0.264 e. The van der Waals surface area contributed by atoms with Crippen molar-refractivity contribution in [1.29, 1.82) is 0 Å². The number of rotatable bonds is 7. The summed E-state index contributed by atoms with van der Waals surface area (Å²) in [5.74, 6) is 0.777. The Labute approximate surface area is 161 Å². The Kier molecular flexibility index (Phi) is 6.49. The van der Waals surface area contributed by atoms with Crippen molar-refractivity contribution in [2.24, 2.45) is 5.92 Å². The first-order valence-corrected chi connectivity index (χ1v) is 10.1. The molecule has 0 fully saturated rings. The topological polar surface area (TPSA) is 75.7 Å². The number of benzene rings is 2. The van der Waals surface area contributed by atoms with Gasteiger partial charge in [0.25, 0.3) is 15.9 Å². The lowest BCUT2D eigenvalue weighted by Gasteiger charge is -2.22. The van der Waals surface area contributed by atoms with E-state index < -0.39 is 10.0 Å². The molecule has 2 aromatic rings. The van der Waals surface area contributed by atoms with Gasteiger partial charge in [-0.15, -0.1) is 0 Å². The Balaban J connectivity index is 2.27. The summed E-state index contributed by atoms with van der Waals surface area (Å²) in [5, 5.41) is 2.86. The molecular weight excluding hydrogens is 364 g/mol. The average molecular weight is 391 g/mol. The third kappa shape index (κ3) is 4.80. The molecular formula is C20H26N2O4S. The number of carbonyl (C=O) groups excluding carboxylic acids is 1. The molecule has 0 saturated heterocycles. The first-order valence-electron chi connectivity index (χ1n) is 8.68. The second-order valence-electron chi connectivity index (χ2n) is 6.75. The zero-order valence-electron chi connectivity index (χ0n) is 16.3. The molecule has 0 heterocycles. The summed E-state index contributed by atoms with van der Waals surface area (Å²) in [6.07, 6.45) is 0. The van der Waals surface area contributed by atoms with Crippen molar-refractivity contribution in [3.05, 3.63) is 53.6 Å². The molecule has 0 aliphatic heterocycles. The monoisotopic (exact) mass is 390 g/mol. The van der Waals surface area contributed by atoms with Gasteiger partial charge in [-0.1, -0.05) is 13.8 Å². The second kappa shape index (κ2) is 8.43. The zero-order chi connectivity index (χ0) is 20.2. The maximum atomic E-state index is 12.9. The fourth-order valence-electron chi connectivity index (χ4n) is 2.58. The highest BCUT2D eigenvalue weighted by molar-refractivity contribution is 7.92. The van der Waals surface area contributed by atoms with Crippen LogP contribution in [-0.4, -0.2) is 35.0 Å². The summed E-state index contributed by atoms with van der Waals surface area (Å²) >= 11 is 0. The van der Waals surface area contributed by atoms with E-state index in [0.717, 1.165) is 0 Å². The fourth-order valence-corrected chi connectivity index (χ4v) is 3.84. The van der Waals surface area contributed by atoms with Gasteiger partial charge in [-0.3, -0.25) is 9.10 Å². The van der Waals surface area contributed by atoms with E-state index in [-0.39, 0.29) is 10.8 Å². The summed E-state index contributed by atoms with van der Waals surface area (Å²) in [7, 11) is -0.691. The Hall–Kier alpha value is -2.54. The van der Waals surface area contributed by atoms with Gasteiger partial charge in [0.1, 0.15) is 5.75 Å². The van der Waals surface area contributed by atoms with Gasteiger partial charge in [0.15, 0.2) is 0 Å². The van der Waals surface area contributed by atoms with Crippen LogP contribution in [0.2, 0.25) is 0 Å². The van der Waals surface area contributed by atoms with Crippen molar-refractivity contribution in [1.82, 2.24) is 5.32 Å². The minimum Gasteiger partial charge on any atom is -0.497 e. The molecule has 1 amide bonds. The van der Waals surface area contributed by atoms with Crippen LogP contribution in [-0.2, 0) is 10.0 Å². The number of ether oxygens (including phenoxy) is 1. The van der Waals surface area contributed by atoms with Gasteiger partial charge in [0, 0.05) is 19.2 Å². The summed E-state index contributed by atoms with van der Waals surface area (Å²) < 4.78 is 32.1. The number of hydrogen-bond donors (Lipinski definition) is 1. The Bertz CT molecular complexity index is 906. The normalized spacial score (nSPS) is 11.3. The number of anilines is 1. The highest BCUT2D eigenvalue weighted by Crippen LogP contribution is 2.27. The molecule has 0 radical (unpaired) electrons. The van der Waals surface area contributed by atoms with Gasteiger partial charge in [-0.25, -0.2) is 8.42 Å². The number of sulfonamides is 1. The molecule has 0 aliphatic carbocycles. The van der Waals surface area contributed by atoms with Crippen LogP contribution in [0.5, 0.6) is 5.75 Å². The van der Waals surface area contributed by atoms with Crippen LogP contribution in [0.25, 0.3) is 0 Å². The quantitative estimate of drug-likeness (QED) is 0.788. The van der Waals surface area contributed by atoms with Gasteiger partial charge < -0.3 is 10.1 Å². The number of hydrogen-bond acceptors (Lipinski definition) is 4. The third-order valence-electron chi connectivity index (χ3n) is 4.19. The third-order valence-corrected chi connectivity index (χ3v) is 5.97. The summed E-state index contributed by atoms with van der Waals surface area (Å²) in [4.78, 5) is 12.4. The predicted octanol–water partition coefficient (Wildman–Crippen LogP) is 3.21. The number of amides is 1. The van der Waals surface area contributed by atoms with E-state index in [4.69, 9.17) is 4.74 Å². The molecule has 0 unspecified atom stereocenters. The van der Waals surface area contributed by atoms with Crippen LogP contribution in [0.4, 0.5) is 5.69 Å². The van der Waals surface area contributed by atoms with Crippen LogP contribution in [0, 0.1) is 12.8 Å². The van der Waals surface area contributed by atoms with E-state index in [9.17, 15) is 13.2 Å². The molecule has 7 heteroatoms. The van der Waals surface area contributed by atoms with Crippen molar-refractivity contribution in [3.8, 4) is 5.75 Å². The van der Waals surface area contributed by atoms with Gasteiger partial charge in [-0.2, -0.15) is 0 Å². The minimum absolute atomic E-state index is 0.168. The molecule has 146 valence electrons. The number of nitrogens with zero attached hydrogens (tertiary/aromatic N) is 1. The average Bonchev–Trinajstić information content (AvgIpc) is 2.65. The first kappa shape index (κ1) is 20.8. The van der Waals surface area contributed by atoms with Crippen molar-refractivity contribution in [2.75, 3.05) is 25.0 Å². The largest absolute Gasteiger partial charge is 0.497 e. The van der Waals surface area contributed by atoms with Gasteiger partial charge in [-0.05, 0) is 60.9 Å². The molecule has 0 bridgehead atoms. The molecule has 6 nitrogen and oxygen atoms in total. The predicted molar refractivity (Wildman–Crippen MR) is 107 cm³/mol. The summed E-state index contributed by atoms with van der Waals surface area (Å²) in [6.45, 7) is 6.42. The zero-order valence-corrected chi connectivity index (χ0v) is 17.1. The maximum Gasteiger partial charge on any atom is 0.264 e. The molecule has 0 spiro atoms. The molecule has 2 aromatic carbocycles. The number of methoxy groups -OCH3 is 1. The fraction of sp³-hybridized carbons (Fsp3) is 0.350. The van der Waals surface area contributed by atoms with Crippen molar-refractivity contribution in [2.45, 2.75) is 25.7 Å². The van der Waals surface area contributed by atoms with Gasteiger partial charge in [0.2, 0.25) is 0 Å². The molecule has 0 atom stereocenters. The lowest BCUT2D eigenvalue weighted by molar-refractivity contribution is 0.0949. The number of nitrogens with one attached hydrogen (secondary N) is 1. The van der Waals surface area contributed by atoms with Crippen molar-refractivity contribution >= 4 is 21.6 Å². The summed E-state index contributed by atoms with van der Waals surface area (Å²) in [5.41, 5.74) is 1.73. The number of carbonyl (C=O) groups is 1. The lowest BCUT2D eigenvalue weighted by Crippen LogP contribution is -2.29. The van der Waals surface area contributed by atoms with Crippen LogP contribution < -0.4 is 14.4 Å². The Morgan fingerprint density at radius 1 is 1.15 bits per heavy atom. The van der Waals surface area contributed by atoms with E-state index in [1.807, 2.05) is 13.8 Å². The molecule has 0 aliphatic rings. The van der Waals surface area contributed by atoms with E-state index in [1.165, 1.54) is 30.6 Å². The van der Waals surface area contributed by atoms with E-state index in [1.54, 1.807) is 37.3 Å². The van der Waals surface area contributed by atoms with Crippen LogP contribution >= 0.6 is 0 Å². The first-order chi connectivity index (χ1) is 12.7. The minimum atomic E-state index is -3.72. The van der Waals surface area contributed by atoms with Gasteiger partial charge >= 0.3 is 0 Å². The molecule has 0 aromatic heterocycles. The lowest BCUT2D eigenvalue weighted by atomic mass is 10.1. The number of aryl methyl sites for hydroxylation is 1.